The summed E-state index contributed by atoms with van der Waals surface area (Å²) < 4.78 is 44.1. The minimum Gasteiger partial charge on any atom is -0.394 e. The molecule has 1 aromatic rings. The normalized spacial score (nSPS) is 25.1. The summed E-state index contributed by atoms with van der Waals surface area (Å²) in [6.07, 6.45) is -4.45. The van der Waals surface area contributed by atoms with E-state index >= 15 is 0 Å². The van der Waals surface area contributed by atoms with Gasteiger partial charge in [-0.1, -0.05) is 18.2 Å². The van der Waals surface area contributed by atoms with Gasteiger partial charge < -0.3 is 15.2 Å². The van der Waals surface area contributed by atoms with Gasteiger partial charge in [0.2, 0.25) is 0 Å². The number of alkyl halides is 3. The lowest BCUT2D eigenvalue weighted by molar-refractivity contribution is -0.140. The molecule has 0 aromatic heterocycles. The molecule has 0 amide bonds. The maximum absolute atomic E-state index is 13.0. The van der Waals surface area contributed by atoms with Crippen molar-refractivity contribution in [1.82, 2.24) is 5.32 Å². The number of aliphatic hydroxyl groups excluding tert-OH is 1. The zero-order valence-electron chi connectivity index (χ0n) is 9.63. The lowest BCUT2D eigenvalue weighted by Gasteiger charge is -2.38. The van der Waals surface area contributed by atoms with Crippen LogP contribution in [0.15, 0.2) is 24.3 Å². The molecule has 2 N–H and O–H groups in total. The first-order valence-corrected chi connectivity index (χ1v) is 5.60. The fraction of sp³-hybridized carbons (Fsp3) is 0.500. The van der Waals surface area contributed by atoms with Crippen LogP contribution < -0.4 is 5.32 Å². The molecule has 1 heterocycles. The zero-order valence-corrected chi connectivity index (χ0v) is 9.63. The topological polar surface area (TPSA) is 41.5 Å². The van der Waals surface area contributed by atoms with E-state index in [1.54, 1.807) is 0 Å². The highest BCUT2D eigenvalue weighted by atomic mass is 19.4. The van der Waals surface area contributed by atoms with E-state index in [1.165, 1.54) is 18.2 Å². The van der Waals surface area contributed by atoms with Gasteiger partial charge in [-0.15, -0.1) is 0 Å². The van der Waals surface area contributed by atoms with Gasteiger partial charge in [-0.05, 0) is 11.6 Å². The van der Waals surface area contributed by atoms with Gasteiger partial charge in [-0.2, -0.15) is 13.2 Å². The number of rotatable bonds is 2. The standard InChI is InChI=1S/C12H14F3NO2/c13-12(14,15)10-4-2-1-3-9(10)11(7-17)8-18-6-5-16-11/h1-4,16-17H,5-8H2. The average Bonchev–Trinajstić information content (AvgIpc) is 2.38. The number of hydrogen-bond donors (Lipinski definition) is 2. The predicted molar refractivity (Wildman–Crippen MR) is 59.0 cm³/mol. The van der Waals surface area contributed by atoms with Gasteiger partial charge in [0.15, 0.2) is 0 Å². The average molecular weight is 261 g/mol. The van der Waals surface area contributed by atoms with E-state index in [9.17, 15) is 18.3 Å². The summed E-state index contributed by atoms with van der Waals surface area (Å²) in [7, 11) is 0. The monoisotopic (exact) mass is 261 g/mol. The van der Waals surface area contributed by atoms with Crippen LogP contribution in [0, 0.1) is 0 Å². The van der Waals surface area contributed by atoms with Crippen molar-refractivity contribution >= 4 is 0 Å². The van der Waals surface area contributed by atoms with Crippen LogP contribution in [-0.2, 0) is 16.5 Å². The third-order valence-corrected chi connectivity index (χ3v) is 3.08. The van der Waals surface area contributed by atoms with Crippen LogP contribution in [0.5, 0.6) is 0 Å². The zero-order chi connectivity index (χ0) is 13.2. The Bertz CT molecular complexity index is 414. The number of benzene rings is 1. The summed E-state index contributed by atoms with van der Waals surface area (Å²) in [6.45, 7) is 0.416. The second-order valence-corrected chi connectivity index (χ2v) is 4.26. The number of halogens is 3. The Labute approximate surface area is 103 Å². The van der Waals surface area contributed by atoms with E-state index < -0.39 is 23.9 Å². The smallest absolute Gasteiger partial charge is 0.394 e. The fourth-order valence-electron chi connectivity index (χ4n) is 2.17. The molecule has 1 aliphatic heterocycles. The molecule has 1 aliphatic rings. The second-order valence-electron chi connectivity index (χ2n) is 4.26. The molecule has 3 nitrogen and oxygen atoms in total. The first-order valence-electron chi connectivity index (χ1n) is 5.60. The quantitative estimate of drug-likeness (QED) is 0.848. The number of aliphatic hydroxyl groups is 1. The predicted octanol–water partition coefficient (Wildman–Crippen LogP) is 1.51. The molecule has 18 heavy (non-hydrogen) atoms. The summed E-state index contributed by atoms with van der Waals surface area (Å²) >= 11 is 0. The Hall–Kier alpha value is -1.11. The molecule has 0 aliphatic carbocycles. The van der Waals surface area contributed by atoms with Crippen molar-refractivity contribution in [3.63, 3.8) is 0 Å². The van der Waals surface area contributed by atoms with Gasteiger partial charge in [-0.3, -0.25) is 0 Å². The van der Waals surface area contributed by atoms with E-state index in [0.29, 0.717) is 13.2 Å². The van der Waals surface area contributed by atoms with Crippen molar-refractivity contribution < 1.29 is 23.0 Å². The van der Waals surface area contributed by atoms with Crippen molar-refractivity contribution in [1.29, 1.82) is 0 Å². The molecule has 2 rings (SSSR count). The highest BCUT2D eigenvalue weighted by molar-refractivity contribution is 5.36. The van der Waals surface area contributed by atoms with E-state index in [-0.39, 0.29) is 12.2 Å². The van der Waals surface area contributed by atoms with Crippen molar-refractivity contribution in [3.05, 3.63) is 35.4 Å². The van der Waals surface area contributed by atoms with Crippen molar-refractivity contribution in [2.75, 3.05) is 26.4 Å². The number of ether oxygens (including phenoxy) is 1. The second kappa shape index (κ2) is 4.87. The minimum absolute atomic E-state index is 0.0244. The van der Waals surface area contributed by atoms with Gasteiger partial charge in [0.05, 0.1) is 30.9 Å². The first-order chi connectivity index (χ1) is 8.49. The van der Waals surface area contributed by atoms with Crippen LogP contribution in [0.1, 0.15) is 11.1 Å². The molecule has 0 spiro atoms. The SMILES string of the molecule is OCC1(c2ccccc2C(F)(F)F)COCCN1. The molecule has 1 aromatic carbocycles. The number of hydrogen-bond acceptors (Lipinski definition) is 3. The summed E-state index contributed by atoms with van der Waals surface area (Å²) in [5.41, 5.74) is -1.89. The Morgan fingerprint density at radius 3 is 2.61 bits per heavy atom. The summed E-state index contributed by atoms with van der Waals surface area (Å²) in [5, 5.41) is 12.4. The maximum Gasteiger partial charge on any atom is 0.416 e. The van der Waals surface area contributed by atoms with Crippen LogP contribution >= 0.6 is 0 Å². The highest BCUT2D eigenvalue weighted by Crippen LogP contribution is 2.37. The first kappa shape index (κ1) is 13.3. The molecular weight excluding hydrogens is 247 g/mol. The van der Waals surface area contributed by atoms with Gasteiger partial charge in [0, 0.05) is 6.54 Å². The van der Waals surface area contributed by atoms with Crippen molar-refractivity contribution in [2.24, 2.45) is 0 Å². The van der Waals surface area contributed by atoms with E-state index in [2.05, 4.69) is 5.32 Å². The Balaban J connectivity index is 2.48. The third kappa shape index (κ3) is 2.36. The lowest BCUT2D eigenvalue weighted by Crippen LogP contribution is -2.54. The van der Waals surface area contributed by atoms with Gasteiger partial charge in [0.1, 0.15) is 0 Å². The molecule has 1 saturated heterocycles. The molecule has 0 bridgehead atoms. The van der Waals surface area contributed by atoms with E-state index in [0.717, 1.165) is 6.07 Å². The van der Waals surface area contributed by atoms with Crippen LogP contribution in [0.4, 0.5) is 13.2 Å². The van der Waals surface area contributed by atoms with Crippen LogP contribution in [0.3, 0.4) is 0 Å². The molecule has 0 radical (unpaired) electrons. The molecule has 1 atom stereocenters. The van der Waals surface area contributed by atoms with Crippen LogP contribution in [0.2, 0.25) is 0 Å². The summed E-state index contributed by atoms with van der Waals surface area (Å²) in [6, 6.07) is 5.25. The summed E-state index contributed by atoms with van der Waals surface area (Å²) in [4.78, 5) is 0. The molecule has 100 valence electrons. The van der Waals surface area contributed by atoms with Crippen LogP contribution in [0.25, 0.3) is 0 Å². The summed E-state index contributed by atoms with van der Waals surface area (Å²) in [5.74, 6) is 0. The van der Waals surface area contributed by atoms with Crippen molar-refractivity contribution in [2.45, 2.75) is 11.7 Å². The Morgan fingerprint density at radius 1 is 1.33 bits per heavy atom. The fourth-order valence-corrected chi connectivity index (χ4v) is 2.17. The molecule has 0 saturated carbocycles. The van der Waals surface area contributed by atoms with E-state index in [1.807, 2.05) is 0 Å². The molecule has 6 heteroatoms. The van der Waals surface area contributed by atoms with Gasteiger partial charge >= 0.3 is 6.18 Å². The van der Waals surface area contributed by atoms with Gasteiger partial charge in [-0.25, -0.2) is 0 Å². The van der Waals surface area contributed by atoms with Gasteiger partial charge in [0.25, 0.3) is 0 Å². The molecule has 1 fully saturated rings. The number of nitrogens with one attached hydrogen (secondary N) is 1. The largest absolute Gasteiger partial charge is 0.416 e. The van der Waals surface area contributed by atoms with Crippen molar-refractivity contribution in [3.8, 4) is 0 Å². The van der Waals surface area contributed by atoms with E-state index in [4.69, 9.17) is 4.74 Å². The van der Waals surface area contributed by atoms with Crippen LogP contribution in [-0.4, -0.2) is 31.5 Å². The maximum atomic E-state index is 13.0. The molecular formula is C12H14F3NO2. The Morgan fingerprint density at radius 2 is 2.06 bits per heavy atom. The highest BCUT2D eigenvalue weighted by Gasteiger charge is 2.42. The number of morpholine rings is 1. The molecule has 1 unspecified atom stereocenters. The lowest BCUT2D eigenvalue weighted by atomic mass is 9.86. The Kier molecular flexibility index (Phi) is 3.61. The minimum atomic E-state index is -4.45. The third-order valence-electron chi connectivity index (χ3n) is 3.08.